The van der Waals surface area contributed by atoms with Gasteiger partial charge in [-0.2, -0.15) is 26.3 Å². The van der Waals surface area contributed by atoms with Crippen LogP contribution in [0.2, 0.25) is 5.02 Å². The van der Waals surface area contributed by atoms with Crippen LogP contribution in [0.4, 0.5) is 31.5 Å². The van der Waals surface area contributed by atoms with Crippen molar-refractivity contribution >= 4 is 39.9 Å². The van der Waals surface area contributed by atoms with E-state index in [4.69, 9.17) is 11.6 Å². The molecule has 0 saturated carbocycles. The van der Waals surface area contributed by atoms with Crippen LogP contribution in [0.3, 0.4) is 0 Å². The van der Waals surface area contributed by atoms with E-state index in [1.807, 2.05) is 0 Å². The standard InChI is InChI=1S/C23H19ClF6N4O2S/c1-3-11(2)17(19(36)32-21-34-33-20(37-21)12-4-6-16(24)7-5-12)31-18(35)13-8-14(22(25,26)27)10-15(9-13)23(28,29)30/h4-11,17H,3H2,1-2H3,(H,31,35)(H,32,34,36). The van der Waals surface area contributed by atoms with Crippen molar-refractivity contribution < 1.29 is 35.9 Å². The molecule has 2 atom stereocenters. The molecule has 0 spiro atoms. The molecule has 2 amide bonds. The first-order valence-corrected chi connectivity index (χ1v) is 11.9. The van der Waals surface area contributed by atoms with Crippen molar-refractivity contribution in [1.82, 2.24) is 15.5 Å². The van der Waals surface area contributed by atoms with Gasteiger partial charge < -0.3 is 5.32 Å². The van der Waals surface area contributed by atoms with E-state index in [1.54, 1.807) is 38.1 Å². The maximum absolute atomic E-state index is 13.2. The first kappa shape index (κ1) is 28.4. The van der Waals surface area contributed by atoms with Crippen LogP contribution in [0.15, 0.2) is 42.5 Å². The Morgan fingerprint density at radius 1 is 0.973 bits per heavy atom. The fourth-order valence-corrected chi connectivity index (χ4v) is 4.06. The van der Waals surface area contributed by atoms with Gasteiger partial charge in [-0.3, -0.25) is 14.9 Å². The number of benzene rings is 2. The van der Waals surface area contributed by atoms with Crippen molar-refractivity contribution in [3.05, 3.63) is 64.2 Å². The van der Waals surface area contributed by atoms with Crippen molar-refractivity contribution in [2.45, 2.75) is 38.7 Å². The Labute approximate surface area is 216 Å². The van der Waals surface area contributed by atoms with Gasteiger partial charge in [-0.25, -0.2) is 0 Å². The van der Waals surface area contributed by atoms with Gasteiger partial charge in [0, 0.05) is 16.1 Å². The summed E-state index contributed by atoms with van der Waals surface area (Å²) < 4.78 is 79.1. The van der Waals surface area contributed by atoms with E-state index in [2.05, 4.69) is 20.8 Å². The Bertz CT molecular complexity index is 1250. The fourth-order valence-electron chi connectivity index (χ4n) is 3.18. The minimum Gasteiger partial charge on any atom is -0.340 e. The summed E-state index contributed by atoms with van der Waals surface area (Å²) in [7, 11) is 0. The number of nitrogens with one attached hydrogen (secondary N) is 2. The molecule has 2 aromatic carbocycles. The summed E-state index contributed by atoms with van der Waals surface area (Å²) in [6.07, 6.45) is -9.88. The Hall–Kier alpha value is -3.19. The highest BCUT2D eigenvalue weighted by molar-refractivity contribution is 7.18. The Morgan fingerprint density at radius 3 is 2.05 bits per heavy atom. The topological polar surface area (TPSA) is 84.0 Å². The highest BCUT2D eigenvalue weighted by Crippen LogP contribution is 2.36. The molecule has 1 heterocycles. The number of rotatable bonds is 7. The summed E-state index contributed by atoms with van der Waals surface area (Å²) in [5.41, 5.74) is -3.48. The van der Waals surface area contributed by atoms with Gasteiger partial charge in [0.15, 0.2) is 0 Å². The lowest BCUT2D eigenvalue weighted by molar-refractivity contribution is -0.143. The smallest absolute Gasteiger partial charge is 0.340 e. The zero-order valence-corrected chi connectivity index (χ0v) is 20.7. The Kier molecular flexibility index (Phi) is 8.48. The molecular weight excluding hydrogens is 546 g/mol. The van der Waals surface area contributed by atoms with Crippen LogP contribution >= 0.6 is 22.9 Å². The highest BCUT2D eigenvalue weighted by Gasteiger charge is 2.38. The lowest BCUT2D eigenvalue weighted by atomic mass is 9.97. The number of aromatic nitrogens is 2. The molecule has 0 fully saturated rings. The van der Waals surface area contributed by atoms with E-state index in [9.17, 15) is 35.9 Å². The minimum atomic E-state index is -5.12. The number of hydrogen-bond acceptors (Lipinski definition) is 5. The third-order valence-corrected chi connectivity index (χ3v) is 6.52. The van der Waals surface area contributed by atoms with Crippen molar-refractivity contribution in [3.63, 3.8) is 0 Å². The molecule has 6 nitrogen and oxygen atoms in total. The van der Waals surface area contributed by atoms with Crippen LogP contribution in [-0.4, -0.2) is 28.1 Å². The van der Waals surface area contributed by atoms with Crippen LogP contribution in [0.25, 0.3) is 10.6 Å². The van der Waals surface area contributed by atoms with E-state index in [1.165, 1.54) is 0 Å². The molecule has 3 rings (SSSR count). The molecule has 0 aliphatic carbocycles. The second kappa shape index (κ2) is 11.1. The zero-order chi connectivity index (χ0) is 27.5. The second-order valence-electron chi connectivity index (χ2n) is 8.04. The van der Waals surface area contributed by atoms with Crippen molar-refractivity contribution in [1.29, 1.82) is 0 Å². The molecule has 0 radical (unpaired) electrons. The average molecular weight is 565 g/mol. The van der Waals surface area contributed by atoms with Crippen LogP contribution < -0.4 is 10.6 Å². The van der Waals surface area contributed by atoms with Crippen molar-refractivity contribution in [3.8, 4) is 10.6 Å². The molecule has 0 aliphatic rings. The SMILES string of the molecule is CCC(C)C(NC(=O)c1cc(C(F)(F)F)cc(C(F)(F)F)c1)C(=O)Nc1nnc(-c2ccc(Cl)cc2)s1. The molecule has 3 aromatic rings. The molecule has 2 unspecified atom stereocenters. The van der Waals surface area contributed by atoms with E-state index in [-0.39, 0.29) is 11.2 Å². The van der Waals surface area contributed by atoms with Crippen molar-refractivity contribution in [2.24, 2.45) is 5.92 Å². The number of nitrogens with zero attached hydrogens (tertiary/aromatic N) is 2. The first-order valence-electron chi connectivity index (χ1n) is 10.7. The molecule has 198 valence electrons. The maximum Gasteiger partial charge on any atom is 0.416 e. The molecule has 0 aliphatic heterocycles. The number of carbonyl (C=O) groups excluding carboxylic acids is 2. The number of carbonyl (C=O) groups is 2. The molecular formula is C23H19ClF6N4O2S. The number of halogens is 7. The molecule has 14 heteroatoms. The summed E-state index contributed by atoms with van der Waals surface area (Å²) in [4.78, 5) is 25.7. The molecule has 2 N–H and O–H groups in total. The summed E-state index contributed by atoms with van der Waals surface area (Å²) in [6, 6.07) is 5.92. The molecule has 1 aromatic heterocycles. The lowest BCUT2D eigenvalue weighted by Gasteiger charge is -2.23. The molecule has 0 saturated heterocycles. The van der Waals surface area contributed by atoms with Gasteiger partial charge in [-0.1, -0.05) is 55.3 Å². The zero-order valence-electron chi connectivity index (χ0n) is 19.2. The predicted molar refractivity (Wildman–Crippen MR) is 126 cm³/mol. The summed E-state index contributed by atoms with van der Waals surface area (Å²) in [5.74, 6) is -2.55. The number of hydrogen-bond donors (Lipinski definition) is 2. The van der Waals surface area contributed by atoms with Crippen LogP contribution in [0.1, 0.15) is 41.8 Å². The van der Waals surface area contributed by atoms with Crippen LogP contribution in [0, 0.1) is 5.92 Å². The van der Waals surface area contributed by atoms with Gasteiger partial charge >= 0.3 is 12.4 Å². The van der Waals surface area contributed by atoms with Crippen molar-refractivity contribution in [2.75, 3.05) is 5.32 Å². The summed E-state index contributed by atoms with van der Waals surface area (Å²) in [6.45, 7) is 3.30. The largest absolute Gasteiger partial charge is 0.416 e. The van der Waals surface area contributed by atoms with Crippen LogP contribution in [-0.2, 0) is 17.1 Å². The minimum absolute atomic E-state index is 0.0796. The summed E-state index contributed by atoms with van der Waals surface area (Å²) >= 11 is 6.88. The summed E-state index contributed by atoms with van der Waals surface area (Å²) in [5, 5.41) is 13.7. The van der Waals surface area contributed by atoms with E-state index in [0.717, 1.165) is 11.3 Å². The molecule has 37 heavy (non-hydrogen) atoms. The van der Waals surface area contributed by atoms with Gasteiger partial charge in [-0.15, -0.1) is 10.2 Å². The second-order valence-corrected chi connectivity index (χ2v) is 9.45. The van der Waals surface area contributed by atoms with E-state index >= 15 is 0 Å². The Morgan fingerprint density at radius 2 is 1.54 bits per heavy atom. The number of alkyl halides is 6. The third kappa shape index (κ3) is 7.19. The van der Waals surface area contributed by atoms with Gasteiger partial charge in [0.05, 0.1) is 11.1 Å². The maximum atomic E-state index is 13.2. The molecule has 0 bridgehead atoms. The fraction of sp³-hybridized carbons (Fsp3) is 0.304. The monoisotopic (exact) mass is 564 g/mol. The highest BCUT2D eigenvalue weighted by atomic mass is 35.5. The van der Waals surface area contributed by atoms with Crippen LogP contribution in [0.5, 0.6) is 0 Å². The Balaban J connectivity index is 1.84. The average Bonchev–Trinajstić information content (AvgIpc) is 3.29. The van der Waals surface area contributed by atoms with Gasteiger partial charge in [0.2, 0.25) is 11.0 Å². The van der Waals surface area contributed by atoms with Gasteiger partial charge in [0.1, 0.15) is 11.0 Å². The quantitative estimate of drug-likeness (QED) is 0.314. The first-order chi connectivity index (χ1) is 17.2. The van der Waals surface area contributed by atoms with E-state index in [0.29, 0.717) is 34.1 Å². The van der Waals surface area contributed by atoms with Gasteiger partial charge in [-0.05, 0) is 36.2 Å². The normalized spacial score (nSPS) is 13.6. The number of anilines is 1. The van der Waals surface area contributed by atoms with Gasteiger partial charge in [0.25, 0.3) is 5.91 Å². The third-order valence-electron chi connectivity index (χ3n) is 5.38. The predicted octanol–water partition coefficient (Wildman–Crippen LogP) is 6.68. The number of amides is 2. The van der Waals surface area contributed by atoms with E-state index < -0.39 is 52.8 Å². The lowest BCUT2D eigenvalue weighted by Crippen LogP contribution is -2.47.